The predicted octanol–water partition coefficient (Wildman–Crippen LogP) is 3.03. The summed E-state index contributed by atoms with van der Waals surface area (Å²) in [6.07, 6.45) is 0.713. The zero-order valence-electron chi connectivity index (χ0n) is 10.2. The fourth-order valence-corrected chi connectivity index (χ4v) is 2.38. The van der Waals surface area contributed by atoms with E-state index in [-0.39, 0.29) is 12.5 Å². The minimum atomic E-state index is -0.852. The Morgan fingerprint density at radius 3 is 2.74 bits per heavy atom. The number of halogens is 1. The third-order valence-electron chi connectivity index (χ3n) is 3.03. The molecule has 0 aromatic heterocycles. The maximum Gasteiger partial charge on any atom is 0.414 e. The first-order chi connectivity index (χ1) is 9.08. The molecule has 1 aromatic rings. The second kappa shape index (κ2) is 6.06. The van der Waals surface area contributed by atoms with Crippen molar-refractivity contribution in [2.45, 2.75) is 25.3 Å². The molecule has 1 atom stereocenters. The molecule has 1 aliphatic rings. The van der Waals surface area contributed by atoms with Gasteiger partial charge in [-0.25, -0.2) is 4.79 Å². The molecule has 0 radical (unpaired) electrons. The number of anilines is 1. The summed E-state index contributed by atoms with van der Waals surface area (Å²) in [5.74, 6) is -0.852. The summed E-state index contributed by atoms with van der Waals surface area (Å²) in [4.78, 5) is 24.1. The Morgan fingerprint density at radius 1 is 1.42 bits per heavy atom. The zero-order valence-corrected chi connectivity index (χ0v) is 11.8. The van der Waals surface area contributed by atoms with Crippen molar-refractivity contribution in [3.63, 3.8) is 0 Å². The fourth-order valence-electron chi connectivity index (χ4n) is 2.11. The first-order valence-electron chi connectivity index (χ1n) is 6.01. The number of cyclic esters (lactones) is 1. The Bertz CT molecular complexity index is 474. The predicted molar refractivity (Wildman–Crippen MR) is 73.2 cm³/mol. The number of benzene rings is 1. The van der Waals surface area contributed by atoms with Crippen LogP contribution in [0.1, 0.15) is 19.3 Å². The number of nitrogens with zero attached hydrogens (tertiary/aromatic N) is 1. The van der Waals surface area contributed by atoms with E-state index in [1.165, 1.54) is 0 Å². The molecule has 5 nitrogen and oxygen atoms in total. The number of amides is 1. The summed E-state index contributed by atoms with van der Waals surface area (Å²) in [7, 11) is 0. The van der Waals surface area contributed by atoms with Crippen molar-refractivity contribution >= 4 is 33.7 Å². The molecule has 1 aromatic carbocycles. The number of hydrogen-bond acceptors (Lipinski definition) is 3. The summed E-state index contributed by atoms with van der Waals surface area (Å²) in [6, 6.07) is 7.17. The molecular formula is C13H14BrNO4. The van der Waals surface area contributed by atoms with Crippen molar-refractivity contribution in [1.82, 2.24) is 0 Å². The molecule has 0 saturated carbocycles. The number of hydrogen-bond donors (Lipinski definition) is 1. The van der Waals surface area contributed by atoms with E-state index in [9.17, 15) is 9.59 Å². The highest BCUT2D eigenvalue weighted by Gasteiger charge is 2.31. The lowest BCUT2D eigenvalue weighted by atomic mass is 10.0. The van der Waals surface area contributed by atoms with Gasteiger partial charge in [0.25, 0.3) is 0 Å². The lowest BCUT2D eigenvalue weighted by molar-refractivity contribution is -0.137. The highest BCUT2D eigenvalue weighted by atomic mass is 79.9. The summed E-state index contributed by atoms with van der Waals surface area (Å²) in [5.41, 5.74) is 0.725. The molecule has 1 N–H and O–H groups in total. The maximum atomic E-state index is 11.9. The van der Waals surface area contributed by atoms with Gasteiger partial charge in [-0.3, -0.25) is 9.69 Å². The zero-order chi connectivity index (χ0) is 13.8. The van der Waals surface area contributed by atoms with Gasteiger partial charge in [-0.2, -0.15) is 0 Å². The molecule has 0 bridgehead atoms. The fraction of sp³-hybridized carbons (Fsp3) is 0.385. The lowest BCUT2D eigenvalue weighted by Crippen LogP contribution is -2.46. The number of rotatable bonds is 4. The van der Waals surface area contributed by atoms with E-state index in [1.807, 2.05) is 24.3 Å². The van der Waals surface area contributed by atoms with Crippen LogP contribution in [0.2, 0.25) is 0 Å². The largest absolute Gasteiger partial charge is 0.481 e. The lowest BCUT2D eigenvalue weighted by Gasteiger charge is -2.34. The van der Waals surface area contributed by atoms with Crippen molar-refractivity contribution in [1.29, 1.82) is 0 Å². The van der Waals surface area contributed by atoms with Gasteiger partial charge in [-0.15, -0.1) is 0 Å². The number of carbonyl (C=O) groups excluding carboxylic acids is 1. The molecule has 102 valence electrons. The van der Waals surface area contributed by atoms with Gasteiger partial charge in [0.1, 0.15) is 0 Å². The molecule has 1 unspecified atom stereocenters. The normalized spacial score (nSPS) is 19.1. The van der Waals surface area contributed by atoms with Gasteiger partial charge in [0.15, 0.2) is 0 Å². The summed E-state index contributed by atoms with van der Waals surface area (Å²) in [6.45, 7) is 0.343. The molecule has 2 rings (SSSR count). The average Bonchev–Trinajstić information content (AvgIpc) is 2.38. The van der Waals surface area contributed by atoms with Crippen molar-refractivity contribution < 1.29 is 19.4 Å². The van der Waals surface area contributed by atoms with Gasteiger partial charge in [0.2, 0.25) is 0 Å². The number of carboxylic acid groups (broad SMARTS) is 1. The first kappa shape index (κ1) is 13.9. The second-order valence-corrected chi connectivity index (χ2v) is 5.25. The highest BCUT2D eigenvalue weighted by molar-refractivity contribution is 9.10. The quantitative estimate of drug-likeness (QED) is 0.923. The van der Waals surface area contributed by atoms with Crippen LogP contribution >= 0.6 is 15.9 Å². The van der Waals surface area contributed by atoms with Crippen LogP contribution in [-0.4, -0.2) is 29.8 Å². The van der Waals surface area contributed by atoms with E-state index >= 15 is 0 Å². The summed E-state index contributed by atoms with van der Waals surface area (Å²) >= 11 is 3.34. The average molecular weight is 328 g/mol. The van der Waals surface area contributed by atoms with Gasteiger partial charge >= 0.3 is 12.1 Å². The van der Waals surface area contributed by atoms with Crippen LogP contribution < -0.4 is 4.90 Å². The van der Waals surface area contributed by atoms with Crippen molar-refractivity contribution in [3.05, 3.63) is 28.7 Å². The Kier molecular flexibility index (Phi) is 4.42. The van der Waals surface area contributed by atoms with Crippen molar-refractivity contribution in [2.75, 3.05) is 11.5 Å². The number of ether oxygens (including phenoxy) is 1. The van der Waals surface area contributed by atoms with E-state index in [4.69, 9.17) is 9.84 Å². The van der Waals surface area contributed by atoms with Crippen LogP contribution in [0.25, 0.3) is 0 Å². The molecule has 1 fully saturated rings. The van der Waals surface area contributed by atoms with Crippen LogP contribution in [0.5, 0.6) is 0 Å². The van der Waals surface area contributed by atoms with Gasteiger partial charge in [-0.05, 0) is 30.7 Å². The third-order valence-corrected chi connectivity index (χ3v) is 3.56. The Balaban J connectivity index is 2.18. The van der Waals surface area contributed by atoms with E-state index in [2.05, 4.69) is 15.9 Å². The molecule has 19 heavy (non-hydrogen) atoms. The van der Waals surface area contributed by atoms with Gasteiger partial charge < -0.3 is 9.84 Å². The summed E-state index contributed by atoms with van der Waals surface area (Å²) < 4.78 is 5.96. The van der Waals surface area contributed by atoms with Crippen LogP contribution in [0.3, 0.4) is 0 Å². The SMILES string of the molecule is O=C(O)CCC1CCOC(=O)N1c1ccc(Br)cc1. The monoisotopic (exact) mass is 327 g/mol. The molecule has 1 amide bonds. The van der Waals surface area contributed by atoms with Crippen LogP contribution in [0, 0.1) is 0 Å². The Morgan fingerprint density at radius 2 is 2.11 bits per heavy atom. The minimum absolute atomic E-state index is 0.0466. The van der Waals surface area contributed by atoms with Gasteiger partial charge in [0, 0.05) is 29.0 Å². The molecule has 6 heteroatoms. The van der Waals surface area contributed by atoms with Crippen LogP contribution in [0.15, 0.2) is 28.7 Å². The van der Waals surface area contributed by atoms with Crippen LogP contribution in [0.4, 0.5) is 10.5 Å². The molecule has 1 aliphatic heterocycles. The van der Waals surface area contributed by atoms with Crippen LogP contribution in [-0.2, 0) is 9.53 Å². The smallest absolute Gasteiger partial charge is 0.414 e. The van der Waals surface area contributed by atoms with E-state index in [0.29, 0.717) is 19.4 Å². The molecular weight excluding hydrogens is 314 g/mol. The maximum absolute atomic E-state index is 11.9. The Labute approximate surface area is 119 Å². The second-order valence-electron chi connectivity index (χ2n) is 4.34. The van der Waals surface area contributed by atoms with Crippen molar-refractivity contribution in [3.8, 4) is 0 Å². The highest BCUT2D eigenvalue weighted by Crippen LogP contribution is 2.27. The van der Waals surface area contributed by atoms with Gasteiger partial charge in [0.05, 0.1) is 6.61 Å². The molecule has 1 saturated heterocycles. The number of aliphatic carboxylic acids is 1. The van der Waals surface area contributed by atoms with E-state index < -0.39 is 12.1 Å². The first-order valence-corrected chi connectivity index (χ1v) is 6.80. The topological polar surface area (TPSA) is 66.8 Å². The molecule has 1 heterocycles. The van der Waals surface area contributed by atoms with E-state index in [1.54, 1.807) is 4.90 Å². The molecule has 0 aliphatic carbocycles. The van der Waals surface area contributed by atoms with E-state index in [0.717, 1.165) is 10.2 Å². The standard InChI is InChI=1S/C13H14BrNO4/c14-9-1-3-10(4-2-9)15-11(5-6-12(16)17)7-8-19-13(15)18/h1-4,11H,5-8H2,(H,16,17). The minimum Gasteiger partial charge on any atom is -0.481 e. The molecule has 0 spiro atoms. The third kappa shape index (κ3) is 3.47. The van der Waals surface area contributed by atoms with Crippen molar-refractivity contribution in [2.24, 2.45) is 0 Å². The summed E-state index contributed by atoms with van der Waals surface area (Å²) in [5, 5.41) is 8.76. The number of carbonyl (C=O) groups is 2. The number of carboxylic acids is 1. The Hall–Kier alpha value is -1.56. The van der Waals surface area contributed by atoms with Gasteiger partial charge in [-0.1, -0.05) is 15.9 Å².